The molecule has 1 unspecified atom stereocenters. The lowest BCUT2D eigenvalue weighted by Gasteiger charge is -2.33. The molecule has 4 nitrogen and oxygen atoms in total. The Bertz CT molecular complexity index is 697. The fraction of sp³-hybridized carbons (Fsp3) is 0.688. The Balaban J connectivity index is 2.06. The summed E-state index contributed by atoms with van der Waals surface area (Å²) in [6.45, 7) is 6.20. The van der Waals surface area contributed by atoms with Crippen LogP contribution in [0.25, 0.3) is 0 Å². The molecule has 1 aliphatic heterocycles. The third-order valence-electron chi connectivity index (χ3n) is 4.72. The lowest BCUT2D eigenvalue weighted by Crippen LogP contribution is -2.32. The van der Waals surface area contributed by atoms with Crippen LogP contribution in [0.4, 0.5) is 0 Å². The average Bonchev–Trinajstić information content (AvgIpc) is 2.63. The van der Waals surface area contributed by atoms with E-state index in [0.29, 0.717) is 12.2 Å². The van der Waals surface area contributed by atoms with Crippen LogP contribution in [0.15, 0.2) is 6.07 Å². The Hall–Kier alpha value is -1.10. The number of carbonyl (C=O) groups excluding carboxylic acids is 1. The van der Waals surface area contributed by atoms with Crippen LogP contribution in [-0.2, 0) is 16.3 Å². The monoisotopic (exact) mass is 309 g/mol. The Labute approximate surface area is 126 Å². The van der Waals surface area contributed by atoms with Gasteiger partial charge >= 0.3 is 0 Å². The summed E-state index contributed by atoms with van der Waals surface area (Å²) in [6, 6.07) is 1.95. The highest BCUT2D eigenvalue weighted by atomic mass is 32.2. The average molecular weight is 309 g/mol. The van der Waals surface area contributed by atoms with E-state index >= 15 is 0 Å². The Morgan fingerprint density at radius 1 is 1.29 bits per heavy atom. The molecular formula is C16H23NO3S. The van der Waals surface area contributed by atoms with Gasteiger partial charge in [0.1, 0.15) is 0 Å². The van der Waals surface area contributed by atoms with Gasteiger partial charge in [0, 0.05) is 29.4 Å². The molecule has 116 valence electrons. The molecule has 1 aromatic rings. The number of rotatable bonds is 1. The second-order valence-electron chi connectivity index (χ2n) is 7.37. The summed E-state index contributed by atoms with van der Waals surface area (Å²) >= 11 is 0. The Kier molecular flexibility index (Phi) is 3.32. The molecule has 0 aromatic carbocycles. The number of hydrogen-bond donors (Lipinski definition) is 0. The van der Waals surface area contributed by atoms with E-state index in [9.17, 15) is 13.2 Å². The van der Waals surface area contributed by atoms with E-state index in [2.05, 4.69) is 18.4 Å². The first-order valence-corrected chi connectivity index (χ1v) is 9.45. The van der Waals surface area contributed by atoms with E-state index < -0.39 is 9.84 Å². The first-order chi connectivity index (χ1) is 9.69. The molecule has 1 atom stereocenters. The van der Waals surface area contributed by atoms with Crippen LogP contribution in [0.3, 0.4) is 0 Å². The molecule has 5 heteroatoms. The summed E-state index contributed by atoms with van der Waals surface area (Å²) in [5, 5.41) is 0. The van der Waals surface area contributed by atoms with Crippen molar-refractivity contribution in [2.75, 3.05) is 11.5 Å². The number of nitrogens with zero attached hydrogens (tertiary/aromatic N) is 1. The maximum atomic E-state index is 12.3. The van der Waals surface area contributed by atoms with Crippen molar-refractivity contribution in [1.82, 2.24) is 4.57 Å². The van der Waals surface area contributed by atoms with Crippen LogP contribution in [0, 0.1) is 12.3 Å². The number of sulfone groups is 1. The largest absolute Gasteiger partial charge is 0.344 e. The summed E-state index contributed by atoms with van der Waals surface area (Å²) in [4.78, 5) is 12.3. The van der Waals surface area contributed by atoms with E-state index in [1.165, 1.54) is 0 Å². The predicted octanol–water partition coefficient (Wildman–Crippen LogP) is 2.70. The van der Waals surface area contributed by atoms with E-state index in [-0.39, 0.29) is 23.0 Å². The van der Waals surface area contributed by atoms with Crippen LogP contribution in [0.5, 0.6) is 0 Å². The second kappa shape index (κ2) is 4.70. The first kappa shape index (κ1) is 14.8. The summed E-state index contributed by atoms with van der Waals surface area (Å²) in [7, 11) is -2.95. The molecule has 0 spiro atoms. The molecule has 0 amide bonds. The van der Waals surface area contributed by atoms with Gasteiger partial charge in [-0.3, -0.25) is 4.79 Å². The van der Waals surface area contributed by atoms with Gasteiger partial charge in [-0.1, -0.05) is 13.8 Å². The topological polar surface area (TPSA) is 56.1 Å². The summed E-state index contributed by atoms with van der Waals surface area (Å²) in [5.74, 6) is 0.710. The number of Topliss-reactive ketones (excluding diaryl/α,β-unsaturated/α-hetero) is 1. The zero-order valence-electron chi connectivity index (χ0n) is 13.0. The number of fused-ring (bicyclic) bond motifs is 1. The lowest BCUT2D eigenvalue weighted by molar-refractivity contribution is 0.0909. The van der Waals surface area contributed by atoms with Crippen molar-refractivity contribution in [2.24, 2.45) is 5.41 Å². The minimum atomic E-state index is -2.95. The molecule has 2 heterocycles. The van der Waals surface area contributed by atoms with Crippen LogP contribution in [-0.4, -0.2) is 30.3 Å². The van der Waals surface area contributed by atoms with E-state index in [1.807, 2.05) is 13.0 Å². The van der Waals surface area contributed by atoms with Crippen molar-refractivity contribution in [3.8, 4) is 0 Å². The van der Waals surface area contributed by atoms with Gasteiger partial charge in [-0.25, -0.2) is 8.42 Å². The van der Waals surface area contributed by atoms with Crippen molar-refractivity contribution in [3.05, 3.63) is 23.0 Å². The van der Waals surface area contributed by atoms with Gasteiger partial charge in [0.05, 0.1) is 11.5 Å². The van der Waals surface area contributed by atoms with Crippen molar-refractivity contribution in [3.63, 3.8) is 0 Å². The van der Waals surface area contributed by atoms with Gasteiger partial charge in [-0.05, 0) is 37.7 Å². The standard InChI is InChI=1S/C16H23NO3S/c1-11-7-13-14(8-16(2,3)9-15(13)18)17(11)12-5-4-6-21(19,20)10-12/h7,12H,4-6,8-10H2,1-3H3. The van der Waals surface area contributed by atoms with Gasteiger partial charge in [0.25, 0.3) is 0 Å². The van der Waals surface area contributed by atoms with Crippen LogP contribution >= 0.6 is 0 Å². The number of aromatic nitrogens is 1. The third kappa shape index (κ3) is 2.68. The molecule has 2 aliphatic rings. The summed E-state index contributed by atoms with van der Waals surface area (Å²) in [5.41, 5.74) is 2.85. The maximum absolute atomic E-state index is 12.3. The first-order valence-electron chi connectivity index (χ1n) is 7.63. The molecule has 0 radical (unpaired) electrons. The smallest absolute Gasteiger partial charge is 0.165 e. The van der Waals surface area contributed by atoms with Gasteiger partial charge in [-0.15, -0.1) is 0 Å². The quantitative estimate of drug-likeness (QED) is 0.801. The van der Waals surface area contributed by atoms with Gasteiger partial charge < -0.3 is 4.57 Å². The van der Waals surface area contributed by atoms with Crippen LogP contribution in [0.2, 0.25) is 0 Å². The summed E-state index contributed by atoms with van der Waals surface area (Å²) < 4.78 is 26.0. The van der Waals surface area contributed by atoms with Crippen LogP contribution in [0.1, 0.15) is 60.9 Å². The molecule has 3 rings (SSSR count). The van der Waals surface area contributed by atoms with E-state index in [1.54, 1.807) is 0 Å². The van der Waals surface area contributed by atoms with Gasteiger partial charge in [0.2, 0.25) is 0 Å². The normalized spacial score (nSPS) is 27.4. The highest BCUT2D eigenvalue weighted by molar-refractivity contribution is 7.91. The lowest BCUT2D eigenvalue weighted by atomic mass is 9.76. The molecule has 1 aromatic heterocycles. The highest BCUT2D eigenvalue weighted by Crippen LogP contribution is 2.39. The fourth-order valence-electron chi connectivity index (χ4n) is 3.88. The SMILES string of the molecule is Cc1cc2c(n1C1CCCS(=O)(=O)C1)CC(C)(C)CC2=O. The number of hydrogen-bond acceptors (Lipinski definition) is 3. The van der Waals surface area contributed by atoms with E-state index in [0.717, 1.165) is 36.2 Å². The zero-order chi connectivity index (χ0) is 15.4. The third-order valence-corrected chi connectivity index (χ3v) is 6.53. The molecule has 1 aliphatic carbocycles. The molecular weight excluding hydrogens is 286 g/mol. The number of ketones is 1. The number of carbonyl (C=O) groups is 1. The molecule has 21 heavy (non-hydrogen) atoms. The molecule has 1 saturated heterocycles. The minimum Gasteiger partial charge on any atom is -0.344 e. The maximum Gasteiger partial charge on any atom is 0.165 e. The highest BCUT2D eigenvalue weighted by Gasteiger charge is 2.36. The van der Waals surface area contributed by atoms with Crippen molar-refractivity contribution < 1.29 is 13.2 Å². The molecule has 1 fully saturated rings. The van der Waals surface area contributed by atoms with Crippen molar-refractivity contribution >= 4 is 15.6 Å². The molecule has 0 bridgehead atoms. The second-order valence-corrected chi connectivity index (χ2v) is 9.60. The van der Waals surface area contributed by atoms with E-state index in [4.69, 9.17) is 0 Å². The fourth-order valence-corrected chi connectivity index (χ4v) is 5.56. The molecule has 0 saturated carbocycles. The van der Waals surface area contributed by atoms with Gasteiger partial charge in [-0.2, -0.15) is 0 Å². The van der Waals surface area contributed by atoms with Crippen molar-refractivity contribution in [2.45, 2.75) is 52.5 Å². The van der Waals surface area contributed by atoms with Crippen molar-refractivity contribution in [1.29, 1.82) is 0 Å². The minimum absolute atomic E-state index is 0.00537. The zero-order valence-corrected chi connectivity index (χ0v) is 13.8. The van der Waals surface area contributed by atoms with Gasteiger partial charge in [0.15, 0.2) is 15.6 Å². The molecule has 0 N–H and O–H groups in total. The Morgan fingerprint density at radius 2 is 2.00 bits per heavy atom. The predicted molar refractivity (Wildman–Crippen MR) is 82.5 cm³/mol. The number of aryl methyl sites for hydroxylation is 1. The summed E-state index contributed by atoms with van der Waals surface area (Å²) in [6.07, 6.45) is 3.03. The van der Waals surface area contributed by atoms with Crippen LogP contribution < -0.4 is 0 Å². The Morgan fingerprint density at radius 3 is 2.67 bits per heavy atom.